The van der Waals surface area contributed by atoms with Gasteiger partial charge in [0, 0.05) is 31.0 Å². The maximum Gasteiger partial charge on any atom is 0.132 e. The number of aromatic nitrogens is 1. The van der Waals surface area contributed by atoms with Crippen LogP contribution in [0.4, 0.5) is 0 Å². The van der Waals surface area contributed by atoms with Gasteiger partial charge in [-0.2, -0.15) is 0 Å². The molecule has 1 aliphatic rings. The van der Waals surface area contributed by atoms with Crippen LogP contribution in [0.3, 0.4) is 0 Å². The summed E-state index contributed by atoms with van der Waals surface area (Å²) < 4.78 is 11.2. The molecule has 1 unspecified atom stereocenters. The third kappa shape index (κ3) is 4.47. The zero-order valence-electron chi connectivity index (χ0n) is 15.2. The van der Waals surface area contributed by atoms with Gasteiger partial charge in [-0.3, -0.25) is 9.88 Å². The van der Waals surface area contributed by atoms with Crippen molar-refractivity contribution in [2.75, 3.05) is 33.6 Å². The minimum Gasteiger partial charge on any atom is -0.496 e. The number of likely N-dealkylation sites (tertiary alicyclic amines) is 1. The van der Waals surface area contributed by atoms with Crippen molar-refractivity contribution < 1.29 is 9.47 Å². The van der Waals surface area contributed by atoms with Gasteiger partial charge in [0.2, 0.25) is 0 Å². The number of ether oxygens (including phenoxy) is 2. The molecule has 1 aromatic carbocycles. The van der Waals surface area contributed by atoms with Gasteiger partial charge in [-0.25, -0.2) is 0 Å². The average Bonchev–Trinajstić information content (AvgIpc) is 3.09. The molecule has 25 heavy (non-hydrogen) atoms. The number of pyridine rings is 1. The number of methoxy groups -OCH3 is 2. The zero-order valence-corrected chi connectivity index (χ0v) is 16.0. The van der Waals surface area contributed by atoms with E-state index < -0.39 is 0 Å². The van der Waals surface area contributed by atoms with Gasteiger partial charge in [0.15, 0.2) is 0 Å². The quantitative estimate of drug-likeness (QED) is 0.702. The molecule has 1 atom stereocenters. The summed E-state index contributed by atoms with van der Waals surface area (Å²) in [5, 5.41) is 0. The molecule has 134 valence electrons. The standard InChI is InChI=1S/C20H26N2O2S/c1-23-18-11-20(25-3)19(24-2)10-17(18)14-22-8-6-16(13-22)9-15-5-4-7-21-12-15/h4-5,7,10-12,16H,6,8-9,13-14H2,1-3H3. The Bertz CT molecular complexity index is 694. The molecule has 3 rings (SSSR count). The number of thioether (sulfide) groups is 1. The lowest BCUT2D eigenvalue weighted by atomic mass is 10.00. The normalized spacial score (nSPS) is 17.6. The lowest BCUT2D eigenvalue weighted by Crippen LogP contribution is -2.21. The molecule has 0 radical (unpaired) electrons. The topological polar surface area (TPSA) is 34.6 Å². The van der Waals surface area contributed by atoms with Crippen molar-refractivity contribution in [3.63, 3.8) is 0 Å². The van der Waals surface area contributed by atoms with Crippen LogP contribution in [0.25, 0.3) is 0 Å². The Morgan fingerprint density at radius 1 is 1.24 bits per heavy atom. The molecule has 0 N–H and O–H groups in total. The van der Waals surface area contributed by atoms with E-state index in [9.17, 15) is 0 Å². The number of rotatable bonds is 7. The van der Waals surface area contributed by atoms with Crippen LogP contribution in [0.15, 0.2) is 41.6 Å². The third-order valence-electron chi connectivity index (χ3n) is 4.80. The summed E-state index contributed by atoms with van der Waals surface area (Å²) in [7, 11) is 3.47. The molecule has 0 spiro atoms. The van der Waals surface area contributed by atoms with E-state index in [0.29, 0.717) is 5.92 Å². The van der Waals surface area contributed by atoms with Crippen LogP contribution >= 0.6 is 11.8 Å². The summed E-state index contributed by atoms with van der Waals surface area (Å²) in [5.41, 5.74) is 2.53. The van der Waals surface area contributed by atoms with E-state index >= 15 is 0 Å². The second-order valence-corrected chi connectivity index (χ2v) is 7.32. The largest absolute Gasteiger partial charge is 0.496 e. The van der Waals surface area contributed by atoms with Crippen molar-refractivity contribution in [3.05, 3.63) is 47.8 Å². The van der Waals surface area contributed by atoms with Gasteiger partial charge < -0.3 is 9.47 Å². The molecule has 2 heterocycles. The predicted molar refractivity (Wildman–Crippen MR) is 103 cm³/mol. The molecule has 0 amide bonds. The fourth-order valence-corrected chi connectivity index (χ4v) is 4.10. The van der Waals surface area contributed by atoms with E-state index in [1.165, 1.54) is 17.5 Å². The summed E-state index contributed by atoms with van der Waals surface area (Å²) in [4.78, 5) is 7.85. The SMILES string of the molecule is COc1cc(SC)c(OC)cc1CN1CCC(Cc2cccnc2)C1. The van der Waals surface area contributed by atoms with E-state index in [-0.39, 0.29) is 0 Å². The van der Waals surface area contributed by atoms with Crippen molar-refractivity contribution >= 4 is 11.8 Å². The summed E-state index contributed by atoms with van der Waals surface area (Å²) in [5.74, 6) is 2.57. The smallest absolute Gasteiger partial charge is 0.132 e. The van der Waals surface area contributed by atoms with E-state index in [4.69, 9.17) is 9.47 Å². The average molecular weight is 359 g/mol. The van der Waals surface area contributed by atoms with E-state index in [0.717, 1.165) is 42.4 Å². The number of hydrogen-bond acceptors (Lipinski definition) is 5. The van der Waals surface area contributed by atoms with Crippen LogP contribution in [0, 0.1) is 5.92 Å². The number of benzene rings is 1. The second kappa shape index (κ2) is 8.59. The summed E-state index contributed by atoms with van der Waals surface area (Å²) in [6, 6.07) is 8.40. The van der Waals surface area contributed by atoms with Gasteiger partial charge in [-0.1, -0.05) is 6.07 Å². The first-order valence-corrected chi connectivity index (χ1v) is 9.86. The van der Waals surface area contributed by atoms with Crippen molar-refractivity contribution in [1.29, 1.82) is 0 Å². The molecule has 2 aromatic rings. The van der Waals surface area contributed by atoms with E-state index in [2.05, 4.69) is 34.3 Å². The lowest BCUT2D eigenvalue weighted by molar-refractivity contribution is 0.306. The van der Waals surface area contributed by atoms with E-state index in [1.807, 2.05) is 18.5 Å². The van der Waals surface area contributed by atoms with Gasteiger partial charge >= 0.3 is 0 Å². The minimum absolute atomic E-state index is 0.697. The lowest BCUT2D eigenvalue weighted by Gasteiger charge is -2.20. The Hall–Kier alpha value is -1.72. The van der Waals surface area contributed by atoms with Crippen LogP contribution in [0.1, 0.15) is 17.5 Å². The third-order valence-corrected chi connectivity index (χ3v) is 5.56. The molecule has 0 saturated carbocycles. The minimum atomic E-state index is 0.697. The highest BCUT2D eigenvalue weighted by atomic mass is 32.2. The molecule has 4 nitrogen and oxygen atoms in total. The van der Waals surface area contributed by atoms with Gasteiger partial charge in [0.1, 0.15) is 11.5 Å². The number of hydrogen-bond donors (Lipinski definition) is 0. The van der Waals surface area contributed by atoms with Crippen LogP contribution in [0.5, 0.6) is 11.5 Å². The fourth-order valence-electron chi connectivity index (χ4n) is 3.53. The molecular formula is C20H26N2O2S. The van der Waals surface area contributed by atoms with Gasteiger partial charge in [0.25, 0.3) is 0 Å². The molecule has 0 bridgehead atoms. The van der Waals surface area contributed by atoms with Crippen molar-refractivity contribution in [2.24, 2.45) is 5.92 Å². The fraction of sp³-hybridized carbons (Fsp3) is 0.450. The first kappa shape index (κ1) is 18.1. The number of nitrogens with zero attached hydrogens (tertiary/aromatic N) is 2. The summed E-state index contributed by atoms with van der Waals surface area (Å²) in [6.07, 6.45) is 8.22. The highest BCUT2D eigenvalue weighted by Crippen LogP contribution is 2.35. The maximum atomic E-state index is 5.62. The Labute approximate surface area is 154 Å². The van der Waals surface area contributed by atoms with Gasteiger partial charge in [0.05, 0.1) is 19.1 Å². The van der Waals surface area contributed by atoms with Crippen molar-refractivity contribution in [1.82, 2.24) is 9.88 Å². The zero-order chi connectivity index (χ0) is 17.6. The van der Waals surface area contributed by atoms with E-state index in [1.54, 1.807) is 26.0 Å². The Kier molecular flexibility index (Phi) is 6.21. The summed E-state index contributed by atoms with van der Waals surface area (Å²) in [6.45, 7) is 3.14. The Morgan fingerprint density at radius 2 is 2.08 bits per heavy atom. The van der Waals surface area contributed by atoms with Gasteiger partial charge in [-0.15, -0.1) is 11.8 Å². The molecule has 1 aromatic heterocycles. The molecular weight excluding hydrogens is 332 g/mol. The first-order chi connectivity index (χ1) is 12.2. The van der Waals surface area contributed by atoms with Crippen molar-refractivity contribution in [2.45, 2.75) is 24.3 Å². The molecule has 0 aliphatic carbocycles. The van der Waals surface area contributed by atoms with Crippen LogP contribution < -0.4 is 9.47 Å². The Morgan fingerprint density at radius 3 is 2.76 bits per heavy atom. The van der Waals surface area contributed by atoms with Crippen LogP contribution in [-0.4, -0.2) is 43.4 Å². The first-order valence-electron chi connectivity index (χ1n) is 8.63. The van der Waals surface area contributed by atoms with Gasteiger partial charge in [-0.05, 0) is 55.3 Å². The monoisotopic (exact) mass is 358 g/mol. The van der Waals surface area contributed by atoms with Crippen LogP contribution in [0.2, 0.25) is 0 Å². The van der Waals surface area contributed by atoms with Crippen LogP contribution in [-0.2, 0) is 13.0 Å². The predicted octanol–water partition coefficient (Wildman–Crippen LogP) is 3.89. The molecule has 5 heteroatoms. The summed E-state index contributed by atoms with van der Waals surface area (Å²) >= 11 is 1.68. The Balaban J connectivity index is 1.66. The highest BCUT2D eigenvalue weighted by Gasteiger charge is 2.24. The molecule has 1 fully saturated rings. The maximum absolute atomic E-state index is 5.62. The highest BCUT2D eigenvalue weighted by molar-refractivity contribution is 7.98. The second-order valence-electron chi connectivity index (χ2n) is 6.47. The van der Waals surface area contributed by atoms with Crippen molar-refractivity contribution in [3.8, 4) is 11.5 Å². The molecule has 1 saturated heterocycles. The molecule has 1 aliphatic heterocycles.